The summed E-state index contributed by atoms with van der Waals surface area (Å²) in [5.41, 5.74) is 6.22. The first-order valence-corrected chi connectivity index (χ1v) is 4.88. The summed E-state index contributed by atoms with van der Waals surface area (Å²) in [6.45, 7) is 1.81. The van der Waals surface area contributed by atoms with E-state index in [1.165, 1.54) is 6.92 Å². The van der Waals surface area contributed by atoms with Crippen molar-refractivity contribution in [3.05, 3.63) is 42.0 Å². The number of primary amides is 1. The van der Waals surface area contributed by atoms with Crippen LogP contribution in [0, 0.1) is 0 Å². The van der Waals surface area contributed by atoms with Crippen LogP contribution in [-0.4, -0.2) is 18.2 Å². The van der Waals surface area contributed by atoms with Crippen LogP contribution in [-0.2, 0) is 9.63 Å². The molecule has 0 aromatic heterocycles. The van der Waals surface area contributed by atoms with Gasteiger partial charge in [-0.2, -0.15) is 0 Å². The molecule has 0 atom stereocenters. The van der Waals surface area contributed by atoms with Gasteiger partial charge in [-0.05, 0) is 18.6 Å². The number of rotatable bonds is 5. The van der Waals surface area contributed by atoms with E-state index in [2.05, 4.69) is 5.16 Å². The lowest BCUT2D eigenvalue weighted by atomic mass is 10.2. The molecule has 0 saturated heterocycles. The van der Waals surface area contributed by atoms with E-state index in [1.54, 1.807) is 0 Å². The molecule has 0 heterocycles. The Bertz CT molecular complexity index is 397. The van der Waals surface area contributed by atoms with Crippen LogP contribution in [0.1, 0.15) is 12.5 Å². The summed E-state index contributed by atoms with van der Waals surface area (Å²) >= 11 is 0. The molecule has 0 bridgehead atoms. The summed E-state index contributed by atoms with van der Waals surface area (Å²) < 4.78 is 0. The summed E-state index contributed by atoms with van der Waals surface area (Å²) in [7, 11) is 0. The SMILES string of the molecule is CC(=NOC/C=C/c1ccccc1)C(N)=O. The molecule has 4 nitrogen and oxygen atoms in total. The van der Waals surface area contributed by atoms with E-state index in [-0.39, 0.29) is 5.71 Å². The van der Waals surface area contributed by atoms with Gasteiger partial charge in [-0.25, -0.2) is 0 Å². The van der Waals surface area contributed by atoms with Gasteiger partial charge in [-0.15, -0.1) is 0 Å². The van der Waals surface area contributed by atoms with Crippen molar-refractivity contribution in [3.8, 4) is 0 Å². The number of hydrogen-bond donors (Lipinski definition) is 1. The van der Waals surface area contributed by atoms with E-state index in [0.29, 0.717) is 6.61 Å². The average Bonchev–Trinajstić information content (AvgIpc) is 2.29. The second-order valence-corrected chi connectivity index (χ2v) is 3.15. The van der Waals surface area contributed by atoms with E-state index in [0.717, 1.165) is 5.56 Å². The Hall–Kier alpha value is -2.10. The van der Waals surface area contributed by atoms with Crippen molar-refractivity contribution in [2.24, 2.45) is 10.9 Å². The fourth-order valence-corrected chi connectivity index (χ4v) is 0.970. The van der Waals surface area contributed by atoms with Crippen molar-refractivity contribution in [1.82, 2.24) is 0 Å². The molecule has 2 N–H and O–H groups in total. The third kappa shape index (κ3) is 4.41. The van der Waals surface area contributed by atoms with Gasteiger partial charge in [0.05, 0.1) is 0 Å². The molecule has 0 spiro atoms. The lowest BCUT2D eigenvalue weighted by molar-refractivity contribution is -0.112. The van der Waals surface area contributed by atoms with Gasteiger partial charge in [-0.3, -0.25) is 4.79 Å². The van der Waals surface area contributed by atoms with E-state index in [4.69, 9.17) is 10.6 Å². The Morgan fingerprint density at radius 3 is 2.75 bits per heavy atom. The number of carbonyl (C=O) groups is 1. The minimum Gasteiger partial charge on any atom is -0.391 e. The van der Waals surface area contributed by atoms with Gasteiger partial charge in [0.25, 0.3) is 5.91 Å². The third-order valence-electron chi connectivity index (χ3n) is 1.84. The standard InChI is InChI=1S/C12H14N2O2/c1-10(12(13)15)14-16-9-5-8-11-6-3-2-4-7-11/h2-8H,9H2,1H3,(H2,13,15)/b8-5+,14-10?. The Kier molecular flexibility index (Phi) is 4.79. The molecule has 1 rings (SSSR count). The van der Waals surface area contributed by atoms with Crippen molar-refractivity contribution >= 4 is 17.7 Å². The first kappa shape index (κ1) is 12.0. The number of benzene rings is 1. The van der Waals surface area contributed by atoms with Crippen molar-refractivity contribution in [2.45, 2.75) is 6.92 Å². The zero-order valence-electron chi connectivity index (χ0n) is 9.09. The molecule has 1 aromatic carbocycles. The van der Waals surface area contributed by atoms with Crippen LogP contribution >= 0.6 is 0 Å². The second kappa shape index (κ2) is 6.40. The lowest BCUT2D eigenvalue weighted by Crippen LogP contribution is -2.20. The fourth-order valence-electron chi connectivity index (χ4n) is 0.970. The van der Waals surface area contributed by atoms with Gasteiger partial charge in [0.15, 0.2) is 0 Å². The molecule has 4 heteroatoms. The van der Waals surface area contributed by atoms with E-state index in [9.17, 15) is 4.79 Å². The molecule has 0 unspecified atom stereocenters. The van der Waals surface area contributed by atoms with Crippen molar-refractivity contribution in [3.63, 3.8) is 0 Å². The molecule has 16 heavy (non-hydrogen) atoms. The molecule has 0 radical (unpaired) electrons. The second-order valence-electron chi connectivity index (χ2n) is 3.15. The number of hydrogen-bond acceptors (Lipinski definition) is 3. The number of oxime groups is 1. The lowest BCUT2D eigenvalue weighted by Gasteiger charge is -1.95. The molecule has 1 amide bonds. The molecule has 84 valence electrons. The summed E-state index contributed by atoms with van der Waals surface area (Å²) in [6.07, 6.45) is 3.72. The van der Waals surface area contributed by atoms with Crippen molar-refractivity contribution < 1.29 is 9.63 Å². The number of nitrogens with two attached hydrogens (primary N) is 1. The first-order chi connectivity index (χ1) is 7.70. The molecular formula is C12H14N2O2. The molecule has 0 aliphatic heterocycles. The Morgan fingerprint density at radius 2 is 2.12 bits per heavy atom. The number of amides is 1. The number of carbonyl (C=O) groups excluding carboxylic acids is 1. The highest BCUT2D eigenvalue weighted by Crippen LogP contribution is 2.00. The maximum Gasteiger partial charge on any atom is 0.266 e. The first-order valence-electron chi connectivity index (χ1n) is 4.88. The molecule has 0 aliphatic carbocycles. The molecule has 0 saturated carbocycles. The maximum atomic E-state index is 10.6. The van der Waals surface area contributed by atoms with Crippen molar-refractivity contribution in [1.29, 1.82) is 0 Å². The van der Waals surface area contributed by atoms with Gasteiger partial charge >= 0.3 is 0 Å². The van der Waals surface area contributed by atoms with E-state index in [1.807, 2.05) is 42.5 Å². The quantitative estimate of drug-likeness (QED) is 0.463. The van der Waals surface area contributed by atoms with Gasteiger partial charge in [0.1, 0.15) is 12.3 Å². The number of nitrogens with zero attached hydrogens (tertiary/aromatic N) is 1. The summed E-state index contributed by atoms with van der Waals surface area (Å²) in [5.74, 6) is -0.577. The van der Waals surface area contributed by atoms with Crippen LogP contribution in [0.5, 0.6) is 0 Å². The van der Waals surface area contributed by atoms with Crippen LogP contribution in [0.4, 0.5) is 0 Å². The van der Waals surface area contributed by atoms with Gasteiger partial charge in [-0.1, -0.05) is 41.6 Å². The van der Waals surface area contributed by atoms with E-state index >= 15 is 0 Å². The largest absolute Gasteiger partial charge is 0.391 e. The van der Waals surface area contributed by atoms with Crippen LogP contribution in [0.3, 0.4) is 0 Å². The zero-order chi connectivity index (χ0) is 11.8. The predicted octanol–water partition coefficient (Wildman–Crippen LogP) is 1.58. The zero-order valence-corrected chi connectivity index (χ0v) is 9.09. The van der Waals surface area contributed by atoms with Gasteiger partial charge in [0.2, 0.25) is 0 Å². The normalized spacial score (nSPS) is 11.7. The minimum atomic E-state index is -0.577. The van der Waals surface area contributed by atoms with E-state index < -0.39 is 5.91 Å². The van der Waals surface area contributed by atoms with Crippen LogP contribution < -0.4 is 5.73 Å². The highest BCUT2D eigenvalue weighted by Gasteiger charge is 1.97. The Balaban J connectivity index is 2.34. The molecular weight excluding hydrogens is 204 g/mol. The monoisotopic (exact) mass is 218 g/mol. The van der Waals surface area contributed by atoms with Crippen molar-refractivity contribution in [2.75, 3.05) is 6.61 Å². The maximum absolute atomic E-state index is 10.6. The predicted molar refractivity (Wildman–Crippen MR) is 63.7 cm³/mol. The molecule has 1 aromatic rings. The third-order valence-corrected chi connectivity index (χ3v) is 1.84. The van der Waals surface area contributed by atoms with Crippen LogP contribution in [0.25, 0.3) is 6.08 Å². The highest BCUT2D eigenvalue weighted by atomic mass is 16.6. The average molecular weight is 218 g/mol. The molecule has 0 aliphatic rings. The summed E-state index contributed by atoms with van der Waals surface area (Å²) in [6, 6.07) is 9.82. The smallest absolute Gasteiger partial charge is 0.266 e. The molecule has 0 fully saturated rings. The summed E-state index contributed by atoms with van der Waals surface area (Å²) in [4.78, 5) is 15.5. The highest BCUT2D eigenvalue weighted by molar-refractivity contribution is 6.37. The summed E-state index contributed by atoms with van der Waals surface area (Å²) in [5, 5.41) is 3.55. The Labute approximate surface area is 94.4 Å². The topological polar surface area (TPSA) is 64.7 Å². The minimum absolute atomic E-state index is 0.160. The Morgan fingerprint density at radius 1 is 1.44 bits per heavy atom. The van der Waals surface area contributed by atoms with Gasteiger partial charge in [0, 0.05) is 0 Å². The van der Waals surface area contributed by atoms with Crippen LogP contribution in [0.2, 0.25) is 0 Å². The van der Waals surface area contributed by atoms with Gasteiger partial charge < -0.3 is 10.6 Å². The fraction of sp³-hybridized carbons (Fsp3) is 0.167. The van der Waals surface area contributed by atoms with Crippen LogP contribution in [0.15, 0.2) is 41.6 Å².